The van der Waals surface area contributed by atoms with Gasteiger partial charge in [0.2, 0.25) is 0 Å². The minimum atomic E-state index is -0.355. The molecular formula is C15H18N4O2. The maximum atomic E-state index is 11.1. The highest BCUT2D eigenvalue weighted by Gasteiger charge is 2.19. The second-order valence-electron chi connectivity index (χ2n) is 5.32. The van der Waals surface area contributed by atoms with Crippen molar-refractivity contribution in [2.45, 2.75) is 25.3 Å². The highest BCUT2D eigenvalue weighted by Crippen LogP contribution is 2.30. The molecule has 0 saturated heterocycles. The topological polar surface area (TPSA) is 80.1 Å². The Morgan fingerprint density at radius 2 is 2.10 bits per heavy atom. The van der Waals surface area contributed by atoms with Crippen molar-refractivity contribution >= 4 is 22.1 Å². The number of benzene rings is 1. The molecule has 0 radical (unpaired) electrons. The van der Waals surface area contributed by atoms with E-state index in [4.69, 9.17) is 0 Å². The van der Waals surface area contributed by atoms with Crippen LogP contribution in [0, 0.1) is 10.1 Å². The molecule has 21 heavy (non-hydrogen) atoms. The predicted molar refractivity (Wildman–Crippen MR) is 82.5 cm³/mol. The number of non-ortho nitro benzene ring substituents is 1. The molecule has 1 aliphatic carbocycles. The Bertz CT molecular complexity index is 655. The number of nitrogens with zero attached hydrogens (tertiary/aromatic N) is 2. The van der Waals surface area contributed by atoms with Crippen LogP contribution in [0.5, 0.6) is 0 Å². The molecule has 1 heterocycles. The Kier molecular flexibility index (Phi) is 3.96. The predicted octanol–water partition coefficient (Wildman–Crippen LogP) is 2.70. The lowest BCUT2D eigenvalue weighted by Crippen LogP contribution is -2.19. The molecule has 0 unspecified atom stereocenters. The van der Waals surface area contributed by atoms with Gasteiger partial charge in [0.25, 0.3) is 5.69 Å². The van der Waals surface area contributed by atoms with Crippen LogP contribution in [0.2, 0.25) is 0 Å². The van der Waals surface area contributed by atoms with E-state index in [-0.39, 0.29) is 10.6 Å². The van der Waals surface area contributed by atoms with Crippen molar-refractivity contribution in [1.29, 1.82) is 0 Å². The molecule has 1 aromatic heterocycles. The fourth-order valence-electron chi connectivity index (χ4n) is 2.39. The molecule has 0 spiro atoms. The quantitative estimate of drug-likeness (QED) is 0.465. The first-order chi connectivity index (χ1) is 10.3. The van der Waals surface area contributed by atoms with Gasteiger partial charge in [-0.05, 0) is 37.9 Å². The van der Waals surface area contributed by atoms with E-state index in [1.807, 2.05) is 0 Å². The van der Waals surface area contributed by atoms with Gasteiger partial charge in [-0.15, -0.1) is 0 Å². The normalized spacial score (nSPS) is 14.3. The summed E-state index contributed by atoms with van der Waals surface area (Å²) in [5.41, 5.74) is 1.02. The van der Waals surface area contributed by atoms with Gasteiger partial charge in [-0.3, -0.25) is 15.1 Å². The van der Waals surface area contributed by atoms with Crippen LogP contribution in [0.25, 0.3) is 10.8 Å². The van der Waals surface area contributed by atoms with Crippen LogP contribution >= 0.6 is 0 Å². The Morgan fingerprint density at radius 3 is 2.86 bits per heavy atom. The molecule has 1 aromatic carbocycles. The SMILES string of the molecule is O=[N+]([O-])c1ccc(NCCCNC2CC2)c2cnccc12. The van der Waals surface area contributed by atoms with Crippen LogP contribution in [0.15, 0.2) is 30.6 Å². The molecule has 1 aliphatic rings. The number of fused-ring (bicyclic) bond motifs is 1. The van der Waals surface area contributed by atoms with Gasteiger partial charge in [-0.25, -0.2) is 0 Å². The van der Waals surface area contributed by atoms with E-state index in [2.05, 4.69) is 15.6 Å². The van der Waals surface area contributed by atoms with Crippen LogP contribution in [0.3, 0.4) is 0 Å². The van der Waals surface area contributed by atoms with Gasteiger partial charge in [0.1, 0.15) is 0 Å². The molecular weight excluding hydrogens is 268 g/mol. The van der Waals surface area contributed by atoms with Gasteiger partial charge in [-0.2, -0.15) is 0 Å². The summed E-state index contributed by atoms with van der Waals surface area (Å²) in [6.45, 7) is 1.84. The first kappa shape index (κ1) is 13.8. The minimum absolute atomic E-state index is 0.119. The molecule has 3 rings (SSSR count). The maximum absolute atomic E-state index is 11.1. The number of hydrogen-bond donors (Lipinski definition) is 2. The number of rotatable bonds is 7. The summed E-state index contributed by atoms with van der Waals surface area (Å²) in [5.74, 6) is 0. The first-order valence-electron chi connectivity index (χ1n) is 7.24. The standard InChI is InChI=1S/C15H18N4O2/c20-19(21)15-5-4-14(13-10-16-9-6-12(13)15)18-8-1-7-17-11-2-3-11/h4-6,9-11,17-18H,1-3,7-8H2. The molecule has 1 saturated carbocycles. The lowest BCUT2D eigenvalue weighted by molar-refractivity contribution is -0.383. The summed E-state index contributed by atoms with van der Waals surface area (Å²) in [6, 6.07) is 5.73. The van der Waals surface area contributed by atoms with Gasteiger partial charge >= 0.3 is 0 Å². The van der Waals surface area contributed by atoms with Gasteiger partial charge < -0.3 is 10.6 Å². The Labute approximate surface area is 122 Å². The van der Waals surface area contributed by atoms with Crippen molar-refractivity contribution in [2.75, 3.05) is 18.4 Å². The molecule has 0 amide bonds. The van der Waals surface area contributed by atoms with E-state index in [0.29, 0.717) is 5.39 Å². The van der Waals surface area contributed by atoms with E-state index in [1.165, 1.54) is 12.8 Å². The van der Waals surface area contributed by atoms with Crippen LogP contribution < -0.4 is 10.6 Å². The molecule has 1 fully saturated rings. The lowest BCUT2D eigenvalue weighted by Gasteiger charge is -2.10. The zero-order chi connectivity index (χ0) is 14.7. The number of pyridine rings is 1. The summed E-state index contributed by atoms with van der Waals surface area (Å²) < 4.78 is 0. The number of nitro benzene ring substituents is 1. The number of nitrogens with one attached hydrogen (secondary N) is 2. The summed E-state index contributed by atoms with van der Waals surface area (Å²) >= 11 is 0. The summed E-state index contributed by atoms with van der Waals surface area (Å²) in [7, 11) is 0. The first-order valence-corrected chi connectivity index (χ1v) is 7.24. The summed E-state index contributed by atoms with van der Waals surface area (Å²) in [4.78, 5) is 14.8. The van der Waals surface area contributed by atoms with E-state index < -0.39 is 0 Å². The molecule has 6 heteroatoms. The van der Waals surface area contributed by atoms with E-state index in [1.54, 1.807) is 30.6 Å². The zero-order valence-electron chi connectivity index (χ0n) is 11.7. The van der Waals surface area contributed by atoms with E-state index in [0.717, 1.165) is 36.6 Å². The van der Waals surface area contributed by atoms with Crippen molar-refractivity contribution in [2.24, 2.45) is 0 Å². The van der Waals surface area contributed by atoms with Gasteiger partial charge in [0, 0.05) is 42.1 Å². The van der Waals surface area contributed by atoms with Crippen molar-refractivity contribution in [1.82, 2.24) is 10.3 Å². The molecule has 0 bridgehead atoms. The highest BCUT2D eigenvalue weighted by atomic mass is 16.6. The Balaban J connectivity index is 1.69. The summed E-state index contributed by atoms with van der Waals surface area (Å²) in [5, 5.41) is 19.3. The number of anilines is 1. The smallest absolute Gasteiger partial charge is 0.277 e. The zero-order valence-corrected chi connectivity index (χ0v) is 11.7. The van der Waals surface area contributed by atoms with Crippen LogP contribution in [-0.2, 0) is 0 Å². The van der Waals surface area contributed by atoms with Crippen molar-refractivity contribution in [3.05, 3.63) is 40.7 Å². The van der Waals surface area contributed by atoms with Gasteiger partial charge in [0.05, 0.1) is 10.3 Å². The highest BCUT2D eigenvalue weighted by molar-refractivity contribution is 5.99. The van der Waals surface area contributed by atoms with E-state index in [9.17, 15) is 10.1 Å². The Hall–Kier alpha value is -2.21. The minimum Gasteiger partial charge on any atom is -0.384 e. The lowest BCUT2D eigenvalue weighted by atomic mass is 10.1. The van der Waals surface area contributed by atoms with Crippen LogP contribution in [0.4, 0.5) is 11.4 Å². The molecule has 0 atom stereocenters. The fourth-order valence-corrected chi connectivity index (χ4v) is 2.39. The van der Waals surface area contributed by atoms with Crippen LogP contribution in [-0.4, -0.2) is 29.0 Å². The number of aromatic nitrogens is 1. The fraction of sp³-hybridized carbons (Fsp3) is 0.400. The van der Waals surface area contributed by atoms with Crippen LogP contribution in [0.1, 0.15) is 19.3 Å². The maximum Gasteiger partial charge on any atom is 0.277 e. The average Bonchev–Trinajstić information content (AvgIpc) is 3.30. The Morgan fingerprint density at radius 1 is 1.24 bits per heavy atom. The van der Waals surface area contributed by atoms with Gasteiger partial charge in [0.15, 0.2) is 0 Å². The molecule has 110 valence electrons. The number of nitro groups is 1. The van der Waals surface area contributed by atoms with E-state index >= 15 is 0 Å². The monoisotopic (exact) mass is 286 g/mol. The number of hydrogen-bond acceptors (Lipinski definition) is 5. The molecule has 6 nitrogen and oxygen atoms in total. The second-order valence-corrected chi connectivity index (χ2v) is 5.32. The summed E-state index contributed by atoms with van der Waals surface area (Å²) in [6.07, 6.45) is 6.87. The largest absolute Gasteiger partial charge is 0.384 e. The third kappa shape index (κ3) is 3.28. The molecule has 2 N–H and O–H groups in total. The third-order valence-corrected chi connectivity index (χ3v) is 3.67. The van der Waals surface area contributed by atoms with Crippen molar-refractivity contribution in [3.8, 4) is 0 Å². The average molecular weight is 286 g/mol. The van der Waals surface area contributed by atoms with Crippen molar-refractivity contribution in [3.63, 3.8) is 0 Å². The second kappa shape index (κ2) is 6.05. The van der Waals surface area contributed by atoms with Gasteiger partial charge in [-0.1, -0.05) is 0 Å². The van der Waals surface area contributed by atoms with Crippen molar-refractivity contribution < 1.29 is 4.92 Å². The molecule has 2 aromatic rings. The third-order valence-electron chi connectivity index (χ3n) is 3.67. The molecule has 0 aliphatic heterocycles.